The minimum absolute atomic E-state index is 0.00835. The number of ether oxygens (including phenoxy) is 1. The number of amides is 2. The van der Waals surface area contributed by atoms with Crippen LogP contribution in [0.25, 0.3) is 0 Å². The second kappa shape index (κ2) is 10.2. The van der Waals surface area contributed by atoms with Crippen molar-refractivity contribution in [3.8, 4) is 0 Å². The Bertz CT molecular complexity index is 571. The lowest BCUT2D eigenvalue weighted by atomic mass is 10.1. The molecule has 6 heteroatoms. The number of nitrogens with one attached hydrogen (secondary N) is 1. The molecule has 1 aromatic carbocycles. The monoisotopic (exact) mass is 347 g/mol. The maximum Gasteiger partial charge on any atom is 0.224 e. The van der Waals surface area contributed by atoms with Gasteiger partial charge in [-0.1, -0.05) is 24.3 Å². The van der Waals surface area contributed by atoms with Crippen molar-refractivity contribution >= 4 is 11.8 Å². The highest BCUT2D eigenvalue weighted by atomic mass is 16.5. The van der Waals surface area contributed by atoms with Gasteiger partial charge in [-0.25, -0.2) is 0 Å². The Morgan fingerprint density at radius 2 is 1.92 bits per heavy atom. The number of hydrogen-bond acceptors (Lipinski definition) is 4. The predicted molar refractivity (Wildman–Crippen MR) is 97.4 cm³/mol. The first-order valence-electron chi connectivity index (χ1n) is 8.93. The molecular formula is C19H29N3O3. The number of nitrogens with zero attached hydrogens (tertiary/aromatic N) is 2. The molecule has 0 atom stereocenters. The Morgan fingerprint density at radius 1 is 1.20 bits per heavy atom. The largest absolute Gasteiger partial charge is 0.379 e. The van der Waals surface area contributed by atoms with E-state index in [4.69, 9.17) is 4.74 Å². The lowest BCUT2D eigenvalue weighted by Crippen LogP contribution is -2.44. The molecule has 138 valence electrons. The molecule has 0 spiro atoms. The molecule has 0 bridgehead atoms. The lowest BCUT2D eigenvalue weighted by molar-refractivity contribution is -0.129. The summed E-state index contributed by atoms with van der Waals surface area (Å²) in [7, 11) is 0. The molecular weight excluding hydrogens is 318 g/mol. The molecule has 1 aliphatic rings. The summed E-state index contributed by atoms with van der Waals surface area (Å²) in [5.41, 5.74) is 2.16. The maximum atomic E-state index is 12.1. The van der Waals surface area contributed by atoms with Crippen LogP contribution in [0.15, 0.2) is 24.3 Å². The van der Waals surface area contributed by atoms with Crippen molar-refractivity contribution in [3.63, 3.8) is 0 Å². The molecule has 1 aromatic rings. The Kier molecular flexibility index (Phi) is 7.88. The molecule has 0 aliphatic carbocycles. The van der Waals surface area contributed by atoms with E-state index in [1.807, 2.05) is 31.2 Å². The van der Waals surface area contributed by atoms with Gasteiger partial charge in [-0.05, 0) is 18.1 Å². The van der Waals surface area contributed by atoms with Crippen molar-refractivity contribution in [1.82, 2.24) is 15.1 Å². The van der Waals surface area contributed by atoms with Crippen LogP contribution in [0, 0.1) is 6.92 Å². The van der Waals surface area contributed by atoms with E-state index in [2.05, 4.69) is 10.2 Å². The van der Waals surface area contributed by atoms with Gasteiger partial charge >= 0.3 is 0 Å². The van der Waals surface area contributed by atoms with Crippen LogP contribution in [0.2, 0.25) is 0 Å². The van der Waals surface area contributed by atoms with Gasteiger partial charge in [-0.2, -0.15) is 0 Å². The first-order valence-corrected chi connectivity index (χ1v) is 8.93. The molecule has 0 saturated carbocycles. The van der Waals surface area contributed by atoms with E-state index >= 15 is 0 Å². The summed E-state index contributed by atoms with van der Waals surface area (Å²) in [4.78, 5) is 28.0. The molecule has 1 fully saturated rings. The first-order chi connectivity index (χ1) is 12.1. The molecule has 0 radical (unpaired) electrons. The fourth-order valence-corrected chi connectivity index (χ4v) is 2.89. The summed E-state index contributed by atoms with van der Waals surface area (Å²) in [6.45, 7) is 9.48. The normalized spacial score (nSPS) is 15.0. The zero-order valence-corrected chi connectivity index (χ0v) is 15.3. The quantitative estimate of drug-likeness (QED) is 0.757. The van der Waals surface area contributed by atoms with Crippen LogP contribution < -0.4 is 5.32 Å². The zero-order valence-electron chi connectivity index (χ0n) is 15.3. The molecule has 2 amide bonds. The predicted octanol–water partition coefficient (Wildman–Crippen LogP) is 0.834. The van der Waals surface area contributed by atoms with E-state index in [-0.39, 0.29) is 11.8 Å². The van der Waals surface area contributed by atoms with Crippen molar-refractivity contribution in [3.05, 3.63) is 35.4 Å². The number of carbonyl (C=O) groups excluding carboxylic acids is 2. The third-order valence-electron chi connectivity index (χ3n) is 4.55. The van der Waals surface area contributed by atoms with Crippen molar-refractivity contribution in [2.45, 2.75) is 20.3 Å². The molecule has 1 N–H and O–H groups in total. The van der Waals surface area contributed by atoms with Crippen molar-refractivity contribution in [2.75, 3.05) is 52.5 Å². The topological polar surface area (TPSA) is 61.9 Å². The van der Waals surface area contributed by atoms with Crippen LogP contribution in [0.5, 0.6) is 0 Å². The van der Waals surface area contributed by atoms with Crippen LogP contribution in [-0.4, -0.2) is 74.1 Å². The molecule has 25 heavy (non-hydrogen) atoms. The van der Waals surface area contributed by atoms with Gasteiger partial charge < -0.3 is 15.0 Å². The third kappa shape index (κ3) is 6.84. The number of rotatable bonds is 8. The van der Waals surface area contributed by atoms with Gasteiger partial charge in [0.05, 0.1) is 19.6 Å². The summed E-state index contributed by atoms with van der Waals surface area (Å²) >= 11 is 0. The van der Waals surface area contributed by atoms with Gasteiger partial charge in [0, 0.05) is 46.2 Å². The third-order valence-corrected chi connectivity index (χ3v) is 4.55. The highest BCUT2D eigenvalue weighted by Gasteiger charge is 2.14. The highest BCUT2D eigenvalue weighted by molar-refractivity contribution is 5.79. The van der Waals surface area contributed by atoms with Crippen molar-refractivity contribution in [1.29, 1.82) is 0 Å². The highest BCUT2D eigenvalue weighted by Crippen LogP contribution is 2.07. The molecule has 1 aliphatic heterocycles. The van der Waals surface area contributed by atoms with E-state index in [9.17, 15) is 9.59 Å². The SMILES string of the molecule is CC(=O)N(CCNC(=O)Cc1ccccc1C)CCN1CCOCC1. The van der Waals surface area contributed by atoms with Gasteiger partial charge in [-0.15, -0.1) is 0 Å². The Morgan fingerprint density at radius 3 is 2.60 bits per heavy atom. The fraction of sp³-hybridized carbons (Fsp3) is 0.579. The standard InChI is InChI=1S/C19H29N3O3/c1-16-5-3-4-6-18(16)15-19(24)20-7-8-22(17(2)23)10-9-21-11-13-25-14-12-21/h3-6H,7-15H2,1-2H3,(H,20,24). The summed E-state index contributed by atoms with van der Waals surface area (Å²) < 4.78 is 5.33. The Hall–Kier alpha value is -1.92. The van der Waals surface area contributed by atoms with Crippen molar-refractivity contribution in [2.24, 2.45) is 0 Å². The summed E-state index contributed by atoms with van der Waals surface area (Å²) in [6, 6.07) is 7.89. The van der Waals surface area contributed by atoms with Crippen LogP contribution >= 0.6 is 0 Å². The molecule has 0 unspecified atom stereocenters. The van der Waals surface area contributed by atoms with Crippen LogP contribution in [0.4, 0.5) is 0 Å². The lowest BCUT2D eigenvalue weighted by Gasteiger charge is -2.29. The summed E-state index contributed by atoms with van der Waals surface area (Å²) in [5.74, 6) is 0.0346. The van der Waals surface area contributed by atoms with E-state index in [1.54, 1.807) is 11.8 Å². The first kappa shape index (κ1) is 19.4. The fourth-order valence-electron chi connectivity index (χ4n) is 2.89. The van der Waals surface area contributed by atoms with Crippen molar-refractivity contribution < 1.29 is 14.3 Å². The van der Waals surface area contributed by atoms with E-state index in [0.717, 1.165) is 44.0 Å². The number of morpholine rings is 1. The average molecular weight is 347 g/mol. The zero-order chi connectivity index (χ0) is 18.1. The van der Waals surface area contributed by atoms with Crippen LogP contribution in [0.3, 0.4) is 0 Å². The Labute approximate surface area is 150 Å². The summed E-state index contributed by atoms with van der Waals surface area (Å²) in [6.07, 6.45) is 0.376. The van der Waals surface area contributed by atoms with Gasteiger partial charge in [-0.3, -0.25) is 14.5 Å². The second-order valence-electron chi connectivity index (χ2n) is 6.41. The van der Waals surface area contributed by atoms with Gasteiger partial charge in [0.15, 0.2) is 0 Å². The van der Waals surface area contributed by atoms with E-state index < -0.39 is 0 Å². The van der Waals surface area contributed by atoms with Crippen LogP contribution in [-0.2, 0) is 20.7 Å². The van der Waals surface area contributed by atoms with Gasteiger partial charge in [0.1, 0.15) is 0 Å². The molecule has 1 heterocycles. The summed E-state index contributed by atoms with van der Waals surface area (Å²) in [5, 5.41) is 2.92. The number of aryl methyl sites for hydroxylation is 1. The molecule has 2 rings (SSSR count). The smallest absolute Gasteiger partial charge is 0.224 e. The molecule has 1 saturated heterocycles. The second-order valence-corrected chi connectivity index (χ2v) is 6.41. The number of hydrogen-bond donors (Lipinski definition) is 1. The number of carbonyl (C=O) groups is 2. The Balaban J connectivity index is 1.70. The number of benzene rings is 1. The average Bonchev–Trinajstić information content (AvgIpc) is 2.60. The van der Waals surface area contributed by atoms with Gasteiger partial charge in [0.25, 0.3) is 0 Å². The van der Waals surface area contributed by atoms with Gasteiger partial charge in [0.2, 0.25) is 11.8 Å². The molecule has 0 aromatic heterocycles. The van der Waals surface area contributed by atoms with Crippen LogP contribution in [0.1, 0.15) is 18.1 Å². The molecule has 6 nitrogen and oxygen atoms in total. The van der Waals surface area contributed by atoms with E-state index in [0.29, 0.717) is 26.1 Å². The maximum absolute atomic E-state index is 12.1. The minimum Gasteiger partial charge on any atom is -0.379 e. The van der Waals surface area contributed by atoms with E-state index in [1.165, 1.54) is 0 Å². The minimum atomic E-state index is -0.00835.